The Kier molecular flexibility index (Phi) is 8.62. The summed E-state index contributed by atoms with van der Waals surface area (Å²) in [6.07, 6.45) is 8.63. The molecule has 3 heterocycles. The number of pyridine rings is 1. The van der Waals surface area contributed by atoms with E-state index in [0.717, 1.165) is 34.4 Å². The minimum Gasteiger partial charge on any atom is -0.394 e. The van der Waals surface area contributed by atoms with Gasteiger partial charge in [0.15, 0.2) is 0 Å². The molecule has 4 rings (SSSR count). The van der Waals surface area contributed by atoms with Gasteiger partial charge in [0, 0.05) is 30.7 Å². The van der Waals surface area contributed by atoms with Gasteiger partial charge in [-0.25, -0.2) is 4.98 Å². The molecule has 2 amide bonds. The van der Waals surface area contributed by atoms with Gasteiger partial charge in [0.05, 0.1) is 24.7 Å². The summed E-state index contributed by atoms with van der Waals surface area (Å²) in [5.74, 6) is -0.00398. The van der Waals surface area contributed by atoms with Gasteiger partial charge in [-0.2, -0.15) is 0 Å². The van der Waals surface area contributed by atoms with E-state index in [1.165, 1.54) is 0 Å². The van der Waals surface area contributed by atoms with Crippen LogP contribution < -0.4 is 5.32 Å². The zero-order valence-electron chi connectivity index (χ0n) is 23.0. The quantitative estimate of drug-likeness (QED) is 0.438. The Bertz CT molecular complexity index is 1250. The monoisotopic (exact) mass is 517 g/mol. The van der Waals surface area contributed by atoms with E-state index in [1.54, 1.807) is 17.4 Å². The molecule has 0 spiro atoms. The second kappa shape index (κ2) is 11.9. The highest BCUT2D eigenvalue weighted by atomic mass is 16.3. The smallest absolute Gasteiger partial charge is 0.246 e. The maximum absolute atomic E-state index is 13.7. The van der Waals surface area contributed by atoms with Gasteiger partial charge in [-0.3, -0.25) is 14.6 Å². The second-order valence-electron chi connectivity index (χ2n) is 10.8. The number of aliphatic hydroxyl groups excluding tert-OH is 1. The first-order valence-electron chi connectivity index (χ1n) is 13.5. The average molecular weight is 518 g/mol. The van der Waals surface area contributed by atoms with Crippen LogP contribution in [0.2, 0.25) is 0 Å². The lowest BCUT2D eigenvalue weighted by atomic mass is 9.99. The fourth-order valence-electron chi connectivity index (χ4n) is 5.20. The van der Waals surface area contributed by atoms with Crippen molar-refractivity contribution in [3.63, 3.8) is 0 Å². The second-order valence-corrected chi connectivity index (χ2v) is 10.8. The number of amides is 2. The van der Waals surface area contributed by atoms with Crippen LogP contribution in [0.3, 0.4) is 0 Å². The molecule has 0 bridgehead atoms. The number of benzene rings is 1. The molecule has 2 aromatic heterocycles. The molecule has 3 aromatic rings. The molecule has 8 nitrogen and oxygen atoms in total. The number of aliphatic hydroxyl groups is 1. The van der Waals surface area contributed by atoms with Crippen molar-refractivity contribution in [1.82, 2.24) is 24.8 Å². The molecular formula is C30H39N5O3. The molecule has 0 radical (unpaired) electrons. The minimum absolute atomic E-state index is 0.0354. The average Bonchev–Trinajstić information content (AvgIpc) is 3.58. The molecule has 202 valence electrons. The van der Waals surface area contributed by atoms with Crippen LogP contribution in [0.25, 0.3) is 11.1 Å². The molecule has 1 aromatic carbocycles. The Morgan fingerprint density at radius 1 is 1.13 bits per heavy atom. The molecule has 2 N–H and O–H groups in total. The fourth-order valence-corrected chi connectivity index (χ4v) is 5.20. The number of rotatable bonds is 9. The summed E-state index contributed by atoms with van der Waals surface area (Å²) < 4.78 is 1.89. The predicted molar refractivity (Wildman–Crippen MR) is 147 cm³/mol. The van der Waals surface area contributed by atoms with Crippen molar-refractivity contribution in [2.75, 3.05) is 13.2 Å². The number of hydrogen-bond acceptors (Lipinski definition) is 5. The number of nitrogens with one attached hydrogen (secondary N) is 1. The molecule has 1 fully saturated rings. The summed E-state index contributed by atoms with van der Waals surface area (Å²) in [5.41, 5.74) is 4.94. The lowest BCUT2D eigenvalue weighted by Gasteiger charge is -2.31. The molecule has 1 aliphatic heterocycles. The summed E-state index contributed by atoms with van der Waals surface area (Å²) in [6, 6.07) is 8.19. The third kappa shape index (κ3) is 5.80. The van der Waals surface area contributed by atoms with E-state index in [9.17, 15) is 14.7 Å². The molecule has 0 saturated carbocycles. The topological polar surface area (TPSA) is 100 Å². The molecule has 1 aliphatic rings. The van der Waals surface area contributed by atoms with Crippen LogP contribution in [-0.2, 0) is 9.59 Å². The van der Waals surface area contributed by atoms with Gasteiger partial charge in [0.2, 0.25) is 11.8 Å². The van der Waals surface area contributed by atoms with Crippen molar-refractivity contribution in [2.24, 2.45) is 5.92 Å². The summed E-state index contributed by atoms with van der Waals surface area (Å²) in [5, 5.41) is 13.1. The van der Waals surface area contributed by atoms with E-state index in [0.29, 0.717) is 13.0 Å². The number of carbonyl (C=O) groups is 2. The van der Waals surface area contributed by atoms with Gasteiger partial charge in [-0.05, 0) is 54.4 Å². The van der Waals surface area contributed by atoms with Crippen molar-refractivity contribution >= 4 is 11.8 Å². The number of carbonyl (C=O) groups excluding carboxylic acids is 2. The summed E-state index contributed by atoms with van der Waals surface area (Å²) >= 11 is 0. The zero-order valence-corrected chi connectivity index (χ0v) is 23.0. The highest BCUT2D eigenvalue weighted by Crippen LogP contribution is 2.29. The highest BCUT2D eigenvalue weighted by molar-refractivity contribution is 5.90. The number of likely N-dealkylation sites (tertiary alicyclic amines) is 1. The largest absolute Gasteiger partial charge is 0.394 e. The first kappa shape index (κ1) is 27.5. The van der Waals surface area contributed by atoms with Gasteiger partial charge in [-0.15, -0.1) is 0 Å². The Balaban J connectivity index is 1.48. The maximum atomic E-state index is 13.7. The number of aromatic nitrogens is 3. The van der Waals surface area contributed by atoms with E-state index in [1.807, 2.05) is 68.1 Å². The Morgan fingerprint density at radius 2 is 1.87 bits per heavy atom. The maximum Gasteiger partial charge on any atom is 0.246 e. The van der Waals surface area contributed by atoms with E-state index in [2.05, 4.69) is 29.1 Å². The van der Waals surface area contributed by atoms with E-state index >= 15 is 0 Å². The van der Waals surface area contributed by atoms with Gasteiger partial charge < -0.3 is 19.9 Å². The van der Waals surface area contributed by atoms with Crippen LogP contribution in [0, 0.1) is 12.8 Å². The number of imidazole rings is 1. The van der Waals surface area contributed by atoms with Crippen molar-refractivity contribution in [1.29, 1.82) is 0 Å². The van der Waals surface area contributed by atoms with Gasteiger partial charge in [0.1, 0.15) is 12.1 Å². The Hall–Kier alpha value is -3.52. The van der Waals surface area contributed by atoms with Crippen LogP contribution in [0.1, 0.15) is 75.4 Å². The predicted octanol–water partition coefficient (Wildman–Crippen LogP) is 4.41. The summed E-state index contributed by atoms with van der Waals surface area (Å²) in [6.45, 7) is 10.5. The van der Waals surface area contributed by atoms with Gasteiger partial charge in [0.25, 0.3) is 0 Å². The van der Waals surface area contributed by atoms with Gasteiger partial charge >= 0.3 is 0 Å². The molecule has 1 saturated heterocycles. The van der Waals surface area contributed by atoms with Crippen LogP contribution in [-0.4, -0.2) is 55.5 Å². The van der Waals surface area contributed by atoms with Crippen LogP contribution >= 0.6 is 0 Å². The van der Waals surface area contributed by atoms with E-state index in [-0.39, 0.29) is 30.3 Å². The standard InChI is InChI=1S/C30H39N5O3/c1-19(2)25-16-34(18-32-25)28(20(3)4)30(38)35-14-6-7-27(35)29(37)33-26(17-36)23-10-8-22(9-11-23)24-15-31-13-12-21(24)5/h8-13,15-16,18-20,26-28,36H,6-7,14,17H2,1-5H3,(H,33,37)/t26-,27-,28-/m0/s1. The van der Waals surface area contributed by atoms with Crippen molar-refractivity contribution in [3.05, 3.63) is 72.1 Å². The lowest BCUT2D eigenvalue weighted by molar-refractivity contribution is -0.142. The third-order valence-corrected chi connectivity index (χ3v) is 7.42. The number of nitrogens with zero attached hydrogens (tertiary/aromatic N) is 4. The van der Waals surface area contributed by atoms with Crippen LogP contribution in [0.15, 0.2) is 55.2 Å². The molecule has 38 heavy (non-hydrogen) atoms. The zero-order chi connectivity index (χ0) is 27.4. The highest BCUT2D eigenvalue weighted by Gasteiger charge is 2.39. The lowest BCUT2D eigenvalue weighted by Crippen LogP contribution is -2.49. The first-order valence-corrected chi connectivity index (χ1v) is 13.5. The van der Waals surface area contributed by atoms with Crippen LogP contribution in [0.4, 0.5) is 0 Å². The van der Waals surface area contributed by atoms with Crippen molar-refractivity contribution < 1.29 is 14.7 Å². The fraction of sp³-hybridized carbons (Fsp3) is 0.467. The van der Waals surface area contributed by atoms with Crippen molar-refractivity contribution in [2.45, 2.75) is 71.5 Å². The molecule has 0 aliphatic carbocycles. The Labute approximate surface area is 225 Å². The Morgan fingerprint density at radius 3 is 2.47 bits per heavy atom. The van der Waals surface area contributed by atoms with E-state index in [4.69, 9.17) is 0 Å². The first-order chi connectivity index (χ1) is 18.2. The number of aryl methyl sites for hydroxylation is 1. The molecular weight excluding hydrogens is 478 g/mol. The molecule has 3 atom stereocenters. The van der Waals surface area contributed by atoms with Crippen molar-refractivity contribution in [3.8, 4) is 11.1 Å². The SMILES string of the molecule is Cc1ccncc1-c1ccc([C@H](CO)NC(=O)[C@@H]2CCCN2C(=O)[C@H](C(C)C)n2cnc(C(C)C)c2)cc1. The normalized spacial score (nSPS) is 17.2. The third-order valence-electron chi connectivity index (χ3n) is 7.42. The molecule has 0 unspecified atom stereocenters. The number of hydrogen-bond donors (Lipinski definition) is 2. The molecule has 8 heteroatoms. The van der Waals surface area contributed by atoms with E-state index < -0.39 is 18.1 Å². The summed E-state index contributed by atoms with van der Waals surface area (Å²) in [7, 11) is 0. The van der Waals surface area contributed by atoms with Gasteiger partial charge in [-0.1, -0.05) is 52.0 Å². The summed E-state index contributed by atoms with van der Waals surface area (Å²) in [4.78, 5) is 37.6. The van der Waals surface area contributed by atoms with Crippen LogP contribution in [0.5, 0.6) is 0 Å². The minimum atomic E-state index is -0.566.